The van der Waals surface area contributed by atoms with Gasteiger partial charge in [0.15, 0.2) is 0 Å². The fourth-order valence-electron chi connectivity index (χ4n) is 4.42. The molecule has 1 heterocycles. The average molecular weight is 538 g/mol. The third-order valence-electron chi connectivity index (χ3n) is 6.30. The van der Waals surface area contributed by atoms with Crippen LogP contribution in [0.3, 0.4) is 0 Å². The molecular weight excluding hydrogens is 498 g/mol. The molecule has 0 aliphatic carbocycles. The van der Waals surface area contributed by atoms with Crippen LogP contribution in [0.2, 0.25) is 0 Å². The zero-order chi connectivity index (χ0) is 27.3. The molecule has 0 radical (unpaired) electrons. The van der Waals surface area contributed by atoms with Gasteiger partial charge < -0.3 is 10.4 Å². The number of thioether (sulfide) groups is 1. The molecule has 4 nitrogen and oxygen atoms in total. The van der Waals surface area contributed by atoms with Gasteiger partial charge in [-0.25, -0.2) is 0 Å². The molecule has 198 valence electrons. The molecule has 0 bridgehead atoms. The van der Waals surface area contributed by atoms with Crippen molar-refractivity contribution in [3.05, 3.63) is 75.0 Å². The molecule has 0 saturated carbocycles. The van der Waals surface area contributed by atoms with Crippen molar-refractivity contribution >= 4 is 35.0 Å². The molecule has 0 spiro atoms. The molecule has 6 heteroatoms. The van der Waals surface area contributed by atoms with E-state index in [-0.39, 0.29) is 29.5 Å². The molecular formula is C31H39NO3S2. The largest absolute Gasteiger partial charge is 0.481 e. The number of aryl methyl sites for hydroxylation is 2. The van der Waals surface area contributed by atoms with Crippen LogP contribution < -0.4 is 5.32 Å². The van der Waals surface area contributed by atoms with Crippen LogP contribution in [0.1, 0.15) is 83.9 Å². The van der Waals surface area contributed by atoms with Crippen LogP contribution in [0.5, 0.6) is 0 Å². The summed E-state index contributed by atoms with van der Waals surface area (Å²) in [6.07, 6.45) is 0.921. The average Bonchev–Trinajstić information content (AvgIpc) is 3.28. The molecule has 3 aromatic rings. The third kappa shape index (κ3) is 7.96. The summed E-state index contributed by atoms with van der Waals surface area (Å²) in [5.41, 5.74) is 6.53. The fraction of sp³-hybridized carbons (Fsp3) is 0.419. The Morgan fingerprint density at radius 2 is 1.62 bits per heavy atom. The van der Waals surface area contributed by atoms with E-state index >= 15 is 0 Å². The van der Waals surface area contributed by atoms with Gasteiger partial charge in [0.2, 0.25) is 0 Å². The Morgan fingerprint density at radius 3 is 2.16 bits per heavy atom. The van der Waals surface area contributed by atoms with Crippen molar-refractivity contribution in [1.29, 1.82) is 0 Å². The number of benzene rings is 2. The number of nitrogens with one attached hydrogen (secondary N) is 1. The SMILES string of the molecule is Cc1cc(S[C@H](CC(C)C)c2ccc(C(=O)NCCC(=O)O)s2)cc(C)c1-c1ccc(C(C)(C)C)cc1. The zero-order valence-electron chi connectivity index (χ0n) is 23.0. The van der Waals surface area contributed by atoms with Crippen LogP contribution in [0.4, 0.5) is 0 Å². The van der Waals surface area contributed by atoms with Gasteiger partial charge in [-0.1, -0.05) is 58.9 Å². The zero-order valence-corrected chi connectivity index (χ0v) is 24.6. The summed E-state index contributed by atoms with van der Waals surface area (Å²) < 4.78 is 0. The highest BCUT2D eigenvalue weighted by molar-refractivity contribution is 7.99. The van der Waals surface area contributed by atoms with Crippen LogP contribution in [0, 0.1) is 19.8 Å². The smallest absolute Gasteiger partial charge is 0.305 e. The first-order valence-corrected chi connectivity index (χ1v) is 14.5. The molecule has 37 heavy (non-hydrogen) atoms. The molecule has 1 amide bonds. The van der Waals surface area contributed by atoms with E-state index in [0.29, 0.717) is 10.8 Å². The number of carbonyl (C=O) groups is 2. The highest BCUT2D eigenvalue weighted by Gasteiger charge is 2.21. The van der Waals surface area contributed by atoms with Crippen LogP contribution in [-0.2, 0) is 10.2 Å². The molecule has 1 aromatic heterocycles. The second kappa shape index (κ2) is 12.3. The van der Waals surface area contributed by atoms with Gasteiger partial charge in [-0.05, 0) is 83.7 Å². The van der Waals surface area contributed by atoms with E-state index < -0.39 is 5.97 Å². The Bertz CT molecular complexity index is 1210. The maximum atomic E-state index is 12.5. The van der Waals surface area contributed by atoms with Crippen molar-refractivity contribution in [3.63, 3.8) is 0 Å². The van der Waals surface area contributed by atoms with Crippen molar-refractivity contribution in [2.24, 2.45) is 5.92 Å². The van der Waals surface area contributed by atoms with Crippen molar-refractivity contribution in [2.45, 2.75) is 76.9 Å². The van der Waals surface area contributed by atoms with Gasteiger partial charge >= 0.3 is 5.97 Å². The molecule has 0 aliphatic rings. The van der Waals surface area contributed by atoms with Gasteiger partial charge in [-0.3, -0.25) is 9.59 Å². The van der Waals surface area contributed by atoms with Gasteiger partial charge in [0.05, 0.1) is 11.3 Å². The lowest BCUT2D eigenvalue weighted by Gasteiger charge is -2.21. The molecule has 0 unspecified atom stereocenters. The van der Waals surface area contributed by atoms with Gasteiger partial charge in [-0.15, -0.1) is 23.1 Å². The van der Waals surface area contributed by atoms with Gasteiger partial charge in [-0.2, -0.15) is 0 Å². The lowest BCUT2D eigenvalue weighted by Crippen LogP contribution is -2.25. The van der Waals surface area contributed by atoms with Gasteiger partial charge in [0.1, 0.15) is 0 Å². The second-order valence-corrected chi connectivity index (χ2v) is 13.5. The number of thiophene rings is 1. The molecule has 1 atom stereocenters. The number of carbonyl (C=O) groups excluding carboxylic acids is 1. The maximum absolute atomic E-state index is 12.5. The number of carboxylic acids is 1. The molecule has 2 N–H and O–H groups in total. The number of carboxylic acid groups (broad SMARTS) is 1. The predicted octanol–water partition coefficient (Wildman–Crippen LogP) is 8.41. The number of hydrogen-bond donors (Lipinski definition) is 2. The third-order valence-corrected chi connectivity index (χ3v) is 8.89. The van der Waals surface area contributed by atoms with E-state index in [1.165, 1.54) is 48.9 Å². The van der Waals surface area contributed by atoms with Crippen molar-refractivity contribution < 1.29 is 14.7 Å². The second-order valence-electron chi connectivity index (χ2n) is 11.1. The summed E-state index contributed by atoms with van der Waals surface area (Å²) >= 11 is 3.36. The normalized spacial score (nSPS) is 12.5. The molecule has 2 aromatic carbocycles. The minimum atomic E-state index is -0.918. The fourth-order valence-corrected chi connectivity index (χ4v) is 7.12. The van der Waals surface area contributed by atoms with Crippen LogP contribution in [0.25, 0.3) is 11.1 Å². The Balaban J connectivity index is 1.81. The van der Waals surface area contributed by atoms with Gasteiger partial charge in [0, 0.05) is 21.6 Å². The van der Waals surface area contributed by atoms with Crippen LogP contribution in [-0.4, -0.2) is 23.5 Å². The maximum Gasteiger partial charge on any atom is 0.305 e. The standard InChI is InChI=1S/C31H39NO3S2/c1-19(2)16-27(25-12-13-26(37-25)30(35)32-15-14-28(33)34)36-24-17-20(3)29(21(4)18-24)22-8-10-23(11-9-22)31(5,6)7/h8-13,17-19,27H,14-16H2,1-7H3,(H,32,35)(H,33,34)/t27-/m1/s1. The minimum absolute atomic E-state index is 0.0781. The Labute approximate surface area is 229 Å². The lowest BCUT2D eigenvalue weighted by molar-refractivity contribution is -0.136. The summed E-state index contributed by atoms with van der Waals surface area (Å²) in [6, 6.07) is 17.4. The summed E-state index contributed by atoms with van der Waals surface area (Å²) in [5.74, 6) is -0.617. The van der Waals surface area contributed by atoms with E-state index in [9.17, 15) is 9.59 Å². The van der Waals surface area contributed by atoms with E-state index in [2.05, 4.69) is 90.2 Å². The Hall–Kier alpha value is -2.57. The van der Waals surface area contributed by atoms with Gasteiger partial charge in [0.25, 0.3) is 5.91 Å². The number of amides is 1. The Morgan fingerprint density at radius 1 is 1.00 bits per heavy atom. The first-order valence-electron chi connectivity index (χ1n) is 12.8. The minimum Gasteiger partial charge on any atom is -0.481 e. The molecule has 3 rings (SSSR count). The quantitative estimate of drug-likeness (QED) is 0.255. The summed E-state index contributed by atoms with van der Waals surface area (Å²) in [5, 5.41) is 11.7. The number of rotatable bonds is 10. The highest BCUT2D eigenvalue weighted by atomic mass is 32.2. The molecule has 0 fully saturated rings. The first-order chi connectivity index (χ1) is 17.3. The van der Waals surface area contributed by atoms with Crippen LogP contribution >= 0.6 is 23.1 Å². The Kier molecular flexibility index (Phi) is 9.65. The van der Waals surface area contributed by atoms with Crippen molar-refractivity contribution in [2.75, 3.05) is 6.54 Å². The van der Waals surface area contributed by atoms with E-state index in [4.69, 9.17) is 5.11 Å². The van der Waals surface area contributed by atoms with Crippen LogP contribution in [0.15, 0.2) is 53.4 Å². The van der Waals surface area contributed by atoms with E-state index in [1.807, 2.05) is 23.9 Å². The number of hydrogen-bond acceptors (Lipinski definition) is 4. The van der Waals surface area contributed by atoms with Crippen molar-refractivity contribution in [3.8, 4) is 11.1 Å². The summed E-state index contributed by atoms with van der Waals surface area (Å²) in [7, 11) is 0. The predicted molar refractivity (Wildman–Crippen MR) is 157 cm³/mol. The highest BCUT2D eigenvalue weighted by Crippen LogP contribution is 2.44. The monoisotopic (exact) mass is 537 g/mol. The topological polar surface area (TPSA) is 66.4 Å². The summed E-state index contributed by atoms with van der Waals surface area (Å²) in [4.78, 5) is 26.2. The summed E-state index contributed by atoms with van der Waals surface area (Å²) in [6.45, 7) is 15.7. The molecule has 0 aliphatic heterocycles. The van der Waals surface area contributed by atoms with Crippen molar-refractivity contribution in [1.82, 2.24) is 5.32 Å². The lowest BCUT2D eigenvalue weighted by atomic mass is 9.85. The first kappa shape index (κ1) is 29.0. The van der Waals surface area contributed by atoms with E-state index in [1.54, 1.807) is 0 Å². The molecule has 0 saturated heterocycles. The number of aliphatic carboxylic acids is 1. The van der Waals surface area contributed by atoms with E-state index in [0.717, 1.165) is 6.42 Å².